The first-order valence-corrected chi connectivity index (χ1v) is 6.95. The number of nitrogens with zero attached hydrogens (tertiary/aromatic N) is 1. The molecule has 0 aliphatic heterocycles. The molecule has 0 aliphatic carbocycles. The van der Waals surface area contributed by atoms with E-state index in [9.17, 15) is 9.90 Å². The van der Waals surface area contributed by atoms with Crippen molar-refractivity contribution in [3.8, 4) is 11.5 Å². The van der Waals surface area contributed by atoms with Gasteiger partial charge in [0.1, 0.15) is 0 Å². The average Bonchev–Trinajstić information content (AvgIpc) is 2.43. The van der Waals surface area contributed by atoms with E-state index in [4.69, 9.17) is 16.3 Å². The summed E-state index contributed by atoms with van der Waals surface area (Å²) in [6.07, 6.45) is 0. The van der Waals surface area contributed by atoms with Crippen LogP contribution in [0.4, 0.5) is 0 Å². The summed E-state index contributed by atoms with van der Waals surface area (Å²) < 4.78 is 5.03. The fraction of sp³-hybridized carbons (Fsp3) is 0.500. The third-order valence-corrected chi connectivity index (χ3v) is 3.26. The molecule has 6 heteroatoms. The van der Waals surface area contributed by atoms with E-state index in [1.54, 1.807) is 17.0 Å². The van der Waals surface area contributed by atoms with E-state index in [0.717, 1.165) is 0 Å². The smallest absolute Gasteiger partial charge is 0.236 e. The number of halogens is 1. The van der Waals surface area contributed by atoms with E-state index in [1.165, 1.54) is 7.11 Å². The van der Waals surface area contributed by atoms with E-state index >= 15 is 0 Å². The second-order valence-corrected chi connectivity index (χ2v) is 4.72. The van der Waals surface area contributed by atoms with Crippen LogP contribution in [0.25, 0.3) is 0 Å². The van der Waals surface area contributed by atoms with Crippen molar-refractivity contribution in [1.29, 1.82) is 0 Å². The van der Waals surface area contributed by atoms with Crippen LogP contribution < -0.4 is 10.1 Å². The van der Waals surface area contributed by atoms with Crippen molar-refractivity contribution in [2.75, 3.05) is 26.7 Å². The minimum absolute atomic E-state index is 0.0310. The highest BCUT2D eigenvalue weighted by Gasteiger charge is 2.12. The molecule has 0 unspecified atom stereocenters. The van der Waals surface area contributed by atoms with Crippen LogP contribution in [0.3, 0.4) is 0 Å². The molecule has 0 saturated heterocycles. The third kappa shape index (κ3) is 4.28. The standard InChI is InChI=1S/C14H21ClN2O3/c1-4-17(5-2)13(18)9-16-8-10-6-11(15)7-12(20-3)14(10)19/h6-7,16,19H,4-5,8-9H2,1-3H3. The quantitative estimate of drug-likeness (QED) is 0.809. The molecule has 20 heavy (non-hydrogen) atoms. The van der Waals surface area contributed by atoms with Crippen molar-refractivity contribution in [2.24, 2.45) is 0 Å². The van der Waals surface area contributed by atoms with Crippen molar-refractivity contribution < 1.29 is 14.6 Å². The lowest BCUT2D eigenvalue weighted by Gasteiger charge is -2.19. The first-order chi connectivity index (χ1) is 9.53. The van der Waals surface area contributed by atoms with Crippen molar-refractivity contribution in [3.63, 3.8) is 0 Å². The summed E-state index contributed by atoms with van der Waals surface area (Å²) >= 11 is 5.94. The number of phenolic OH excluding ortho intramolecular Hbond substituents is 1. The minimum atomic E-state index is 0.0310. The molecule has 0 aliphatic rings. The number of methoxy groups -OCH3 is 1. The Balaban J connectivity index is 2.62. The molecule has 1 aromatic rings. The Bertz CT molecular complexity index is 462. The number of benzene rings is 1. The SMILES string of the molecule is CCN(CC)C(=O)CNCc1cc(Cl)cc(OC)c1O. The Morgan fingerprint density at radius 1 is 1.40 bits per heavy atom. The molecule has 112 valence electrons. The molecule has 0 aromatic heterocycles. The highest BCUT2D eigenvalue weighted by Crippen LogP contribution is 2.33. The molecule has 2 N–H and O–H groups in total. The summed E-state index contributed by atoms with van der Waals surface area (Å²) in [6.45, 7) is 5.82. The highest BCUT2D eigenvalue weighted by atomic mass is 35.5. The van der Waals surface area contributed by atoms with Gasteiger partial charge in [0.15, 0.2) is 11.5 Å². The van der Waals surface area contributed by atoms with Crippen LogP contribution in [0, 0.1) is 0 Å². The topological polar surface area (TPSA) is 61.8 Å². The molecule has 1 amide bonds. The van der Waals surface area contributed by atoms with Crippen LogP contribution in [0.1, 0.15) is 19.4 Å². The van der Waals surface area contributed by atoms with Gasteiger partial charge in [0.2, 0.25) is 5.91 Å². The van der Waals surface area contributed by atoms with E-state index in [0.29, 0.717) is 36.0 Å². The molecule has 0 fully saturated rings. The van der Waals surface area contributed by atoms with E-state index in [1.807, 2.05) is 13.8 Å². The van der Waals surface area contributed by atoms with Crippen molar-refractivity contribution >= 4 is 17.5 Å². The van der Waals surface area contributed by atoms with Gasteiger partial charge in [-0.05, 0) is 19.9 Å². The van der Waals surface area contributed by atoms with Gasteiger partial charge in [0.25, 0.3) is 0 Å². The number of nitrogens with one attached hydrogen (secondary N) is 1. The van der Waals surface area contributed by atoms with Crippen LogP contribution in [-0.2, 0) is 11.3 Å². The number of amides is 1. The number of carbonyl (C=O) groups is 1. The lowest BCUT2D eigenvalue weighted by Crippen LogP contribution is -2.37. The van der Waals surface area contributed by atoms with Gasteiger partial charge >= 0.3 is 0 Å². The van der Waals surface area contributed by atoms with E-state index < -0.39 is 0 Å². The second kappa shape index (κ2) is 7.97. The Hall–Kier alpha value is -1.46. The first kappa shape index (κ1) is 16.6. The lowest BCUT2D eigenvalue weighted by molar-refractivity contribution is -0.129. The second-order valence-electron chi connectivity index (χ2n) is 4.29. The summed E-state index contributed by atoms with van der Waals surface area (Å²) in [6, 6.07) is 3.19. The molecule has 0 radical (unpaired) electrons. The molecule has 0 heterocycles. The largest absolute Gasteiger partial charge is 0.504 e. The zero-order valence-electron chi connectivity index (χ0n) is 12.1. The number of carbonyl (C=O) groups excluding carboxylic acids is 1. The molecule has 0 bridgehead atoms. The van der Waals surface area contributed by atoms with Gasteiger partial charge < -0.3 is 20.1 Å². The van der Waals surface area contributed by atoms with E-state index in [2.05, 4.69) is 5.32 Å². The van der Waals surface area contributed by atoms with Crippen LogP contribution in [0.2, 0.25) is 5.02 Å². The van der Waals surface area contributed by atoms with Crippen LogP contribution in [-0.4, -0.2) is 42.7 Å². The number of rotatable bonds is 7. The monoisotopic (exact) mass is 300 g/mol. The number of hydrogen-bond acceptors (Lipinski definition) is 4. The molecule has 1 aromatic carbocycles. The fourth-order valence-corrected chi connectivity index (χ4v) is 2.14. The Morgan fingerprint density at radius 3 is 2.60 bits per heavy atom. The maximum Gasteiger partial charge on any atom is 0.236 e. The maximum atomic E-state index is 11.8. The minimum Gasteiger partial charge on any atom is -0.504 e. The van der Waals surface area contributed by atoms with Crippen molar-refractivity contribution in [2.45, 2.75) is 20.4 Å². The van der Waals surface area contributed by atoms with Gasteiger partial charge in [-0.15, -0.1) is 0 Å². The van der Waals surface area contributed by atoms with Crippen LogP contribution >= 0.6 is 11.6 Å². The third-order valence-electron chi connectivity index (χ3n) is 3.05. The molecule has 0 spiro atoms. The summed E-state index contributed by atoms with van der Waals surface area (Å²) in [4.78, 5) is 13.6. The maximum absolute atomic E-state index is 11.8. The Kier molecular flexibility index (Phi) is 6.61. The van der Waals surface area contributed by atoms with Gasteiger partial charge in [-0.25, -0.2) is 0 Å². The summed E-state index contributed by atoms with van der Waals surface area (Å²) in [5.41, 5.74) is 0.599. The molecule has 0 saturated carbocycles. The van der Waals surface area contributed by atoms with Crippen molar-refractivity contribution in [3.05, 3.63) is 22.7 Å². The van der Waals surface area contributed by atoms with Gasteiger partial charge in [-0.2, -0.15) is 0 Å². The Morgan fingerprint density at radius 2 is 2.05 bits per heavy atom. The van der Waals surface area contributed by atoms with Crippen LogP contribution in [0.5, 0.6) is 11.5 Å². The predicted octanol–water partition coefficient (Wildman–Crippen LogP) is 2.01. The van der Waals surface area contributed by atoms with E-state index in [-0.39, 0.29) is 18.2 Å². The number of aromatic hydroxyl groups is 1. The fourth-order valence-electron chi connectivity index (χ4n) is 1.91. The number of phenols is 1. The van der Waals surface area contributed by atoms with Gasteiger partial charge in [-0.3, -0.25) is 4.79 Å². The average molecular weight is 301 g/mol. The summed E-state index contributed by atoms with van der Waals surface area (Å²) in [7, 11) is 1.46. The zero-order chi connectivity index (χ0) is 15.1. The first-order valence-electron chi connectivity index (χ1n) is 6.57. The highest BCUT2D eigenvalue weighted by molar-refractivity contribution is 6.30. The zero-order valence-corrected chi connectivity index (χ0v) is 12.8. The molecule has 0 atom stereocenters. The molecule has 1 rings (SSSR count). The Labute approximate surface area is 124 Å². The van der Waals surface area contributed by atoms with Crippen molar-refractivity contribution in [1.82, 2.24) is 10.2 Å². The van der Waals surface area contributed by atoms with Gasteiger partial charge in [-0.1, -0.05) is 11.6 Å². The molecule has 5 nitrogen and oxygen atoms in total. The number of hydrogen-bond donors (Lipinski definition) is 2. The molecular weight excluding hydrogens is 280 g/mol. The number of ether oxygens (including phenoxy) is 1. The normalized spacial score (nSPS) is 10.4. The molecular formula is C14H21ClN2O3. The summed E-state index contributed by atoms with van der Waals surface area (Å²) in [5, 5.41) is 13.4. The van der Waals surface area contributed by atoms with Crippen LogP contribution in [0.15, 0.2) is 12.1 Å². The number of likely N-dealkylation sites (N-methyl/N-ethyl adjacent to an activating group) is 1. The lowest BCUT2D eigenvalue weighted by atomic mass is 10.2. The predicted molar refractivity (Wildman–Crippen MR) is 79.3 cm³/mol. The van der Waals surface area contributed by atoms with Gasteiger partial charge in [0.05, 0.1) is 13.7 Å². The van der Waals surface area contributed by atoms with Gasteiger partial charge in [0, 0.05) is 36.3 Å². The summed E-state index contributed by atoms with van der Waals surface area (Å²) in [5.74, 6) is 0.396.